The van der Waals surface area contributed by atoms with Gasteiger partial charge in [0.1, 0.15) is 36.1 Å². The van der Waals surface area contributed by atoms with Crippen LogP contribution in [0, 0.1) is 5.82 Å². The predicted octanol–water partition coefficient (Wildman–Crippen LogP) is 3.08. The van der Waals surface area contributed by atoms with Gasteiger partial charge in [-0.15, -0.1) is 0 Å². The number of fused-ring (bicyclic) bond motifs is 2. The summed E-state index contributed by atoms with van der Waals surface area (Å²) in [6.07, 6.45) is 2.95. The van der Waals surface area contributed by atoms with Crippen molar-refractivity contribution >= 4 is 46.9 Å². The largest absolute Gasteiger partial charge is 0.473 e. The summed E-state index contributed by atoms with van der Waals surface area (Å²) < 4.78 is 26.6. The average molecular weight is 540 g/mol. The van der Waals surface area contributed by atoms with E-state index in [1.165, 1.54) is 17.2 Å². The molecule has 1 fully saturated rings. The van der Waals surface area contributed by atoms with Gasteiger partial charge in [0.15, 0.2) is 0 Å². The first kappa shape index (κ1) is 24.2. The average Bonchev–Trinajstić information content (AvgIpc) is 3.52. The first-order valence-corrected chi connectivity index (χ1v) is 12.4. The molecule has 3 N–H and O–H groups in total. The summed E-state index contributed by atoms with van der Waals surface area (Å²) in [6, 6.07) is 6.65. The minimum Gasteiger partial charge on any atom is -0.473 e. The summed E-state index contributed by atoms with van der Waals surface area (Å²) >= 11 is 6.72. The van der Waals surface area contributed by atoms with Gasteiger partial charge in [0.05, 0.1) is 30.5 Å². The fraction of sp³-hybridized carbons (Fsp3) is 0.280. The SMILES string of the molecule is CC1CNC(=O)c2cnn3c2NC(NCc2cc(F)cnc2O1)C(c1ccc(N2CCOC2=O)cc1Cl)=C3. The molecule has 2 bridgehead atoms. The van der Waals surface area contributed by atoms with E-state index in [4.69, 9.17) is 21.1 Å². The van der Waals surface area contributed by atoms with E-state index in [9.17, 15) is 14.0 Å². The maximum Gasteiger partial charge on any atom is 0.414 e. The number of amides is 2. The van der Waals surface area contributed by atoms with Crippen LogP contribution in [0.5, 0.6) is 5.88 Å². The molecule has 2 aromatic heterocycles. The first-order valence-electron chi connectivity index (χ1n) is 12.0. The Morgan fingerprint density at radius 1 is 1.18 bits per heavy atom. The van der Waals surface area contributed by atoms with Gasteiger partial charge in [-0.05, 0) is 25.1 Å². The van der Waals surface area contributed by atoms with Crippen LogP contribution in [0.2, 0.25) is 5.02 Å². The summed E-state index contributed by atoms with van der Waals surface area (Å²) in [5, 5.41) is 14.3. The fourth-order valence-electron chi connectivity index (χ4n) is 4.59. The second kappa shape index (κ2) is 9.62. The van der Waals surface area contributed by atoms with Crippen molar-refractivity contribution in [3.8, 4) is 5.88 Å². The number of ether oxygens (including phenoxy) is 2. The molecule has 0 spiro atoms. The van der Waals surface area contributed by atoms with Gasteiger partial charge < -0.3 is 20.1 Å². The van der Waals surface area contributed by atoms with Crippen LogP contribution in [0.25, 0.3) is 11.8 Å². The summed E-state index contributed by atoms with van der Waals surface area (Å²) in [4.78, 5) is 30.6. The molecule has 1 saturated heterocycles. The third-order valence-corrected chi connectivity index (χ3v) is 6.79. The molecule has 196 valence electrons. The Hall–Kier alpha value is -4.16. The van der Waals surface area contributed by atoms with Gasteiger partial charge in [-0.2, -0.15) is 5.10 Å². The van der Waals surface area contributed by atoms with Crippen LogP contribution in [0.4, 0.5) is 20.7 Å². The number of anilines is 2. The highest BCUT2D eigenvalue weighted by molar-refractivity contribution is 6.33. The maximum atomic E-state index is 14.1. The normalized spacial score (nSPS) is 21.0. The van der Waals surface area contributed by atoms with Crippen molar-refractivity contribution < 1.29 is 23.5 Å². The van der Waals surface area contributed by atoms with Crippen molar-refractivity contribution in [3.63, 3.8) is 0 Å². The Morgan fingerprint density at radius 2 is 2.05 bits per heavy atom. The number of hydrogen-bond acceptors (Lipinski definition) is 8. The monoisotopic (exact) mass is 539 g/mol. The van der Waals surface area contributed by atoms with Gasteiger partial charge in [0.2, 0.25) is 5.88 Å². The fourth-order valence-corrected chi connectivity index (χ4v) is 4.87. The summed E-state index contributed by atoms with van der Waals surface area (Å²) in [5.41, 5.74) is 2.87. The summed E-state index contributed by atoms with van der Waals surface area (Å²) in [7, 11) is 0. The van der Waals surface area contributed by atoms with E-state index in [1.54, 1.807) is 29.9 Å². The van der Waals surface area contributed by atoms with Crippen molar-refractivity contribution in [1.29, 1.82) is 0 Å². The number of halogens is 2. The number of rotatable bonds is 2. The second-order valence-corrected chi connectivity index (χ2v) is 9.49. The number of nitrogens with zero attached hydrogens (tertiary/aromatic N) is 4. The topological polar surface area (TPSA) is 123 Å². The lowest BCUT2D eigenvalue weighted by atomic mass is 10.0. The molecule has 0 saturated carbocycles. The smallest absolute Gasteiger partial charge is 0.414 e. The third-order valence-electron chi connectivity index (χ3n) is 6.48. The van der Waals surface area contributed by atoms with Crippen molar-refractivity contribution in [2.24, 2.45) is 0 Å². The number of nitrogens with one attached hydrogen (secondary N) is 3. The lowest BCUT2D eigenvalue weighted by Gasteiger charge is -2.29. The molecule has 13 heteroatoms. The molecular weight excluding hydrogens is 517 g/mol. The van der Waals surface area contributed by atoms with Crippen LogP contribution < -0.4 is 25.6 Å². The zero-order valence-corrected chi connectivity index (χ0v) is 21.0. The summed E-state index contributed by atoms with van der Waals surface area (Å²) in [6.45, 7) is 2.96. The van der Waals surface area contributed by atoms with Crippen LogP contribution in [-0.4, -0.2) is 58.7 Å². The molecule has 11 nitrogen and oxygen atoms in total. The number of benzene rings is 1. The van der Waals surface area contributed by atoms with Gasteiger partial charge in [-0.1, -0.05) is 17.7 Å². The van der Waals surface area contributed by atoms with Crippen molar-refractivity contribution in [3.05, 3.63) is 64.2 Å². The predicted molar refractivity (Wildman–Crippen MR) is 137 cm³/mol. The number of hydrogen-bond donors (Lipinski definition) is 3. The van der Waals surface area contributed by atoms with E-state index in [1.807, 2.05) is 6.07 Å². The van der Waals surface area contributed by atoms with E-state index in [0.29, 0.717) is 51.9 Å². The number of carbonyl (C=O) groups is 2. The zero-order chi connectivity index (χ0) is 26.4. The lowest BCUT2D eigenvalue weighted by Crippen LogP contribution is -2.40. The molecule has 2 amide bonds. The quantitative estimate of drug-likeness (QED) is 0.454. The van der Waals surface area contributed by atoms with Crippen LogP contribution in [0.1, 0.15) is 28.4 Å². The zero-order valence-electron chi connectivity index (χ0n) is 20.2. The van der Waals surface area contributed by atoms with Crippen LogP contribution in [0.15, 0.2) is 36.7 Å². The van der Waals surface area contributed by atoms with Crippen molar-refractivity contribution in [1.82, 2.24) is 25.4 Å². The Bertz CT molecular complexity index is 1480. The maximum absolute atomic E-state index is 14.1. The van der Waals surface area contributed by atoms with Crippen LogP contribution >= 0.6 is 11.6 Å². The molecule has 0 radical (unpaired) electrons. The highest BCUT2D eigenvalue weighted by Crippen LogP contribution is 2.35. The Labute approximate surface area is 221 Å². The second-order valence-electron chi connectivity index (χ2n) is 9.08. The minimum absolute atomic E-state index is 0.196. The lowest BCUT2D eigenvalue weighted by molar-refractivity contribution is 0.0931. The van der Waals surface area contributed by atoms with Crippen molar-refractivity contribution in [2.45, 2.75) is 25.7 Å². The molecular formula is C25H23ClFN7O4. The highest BCUT2D eigenvalue weighted by Gasteiger charge is 2.30. The first-order chi connectivity index (χ1) is 18.4. The molecule has 2 atom stereocenters. The van der Waals surface area contributed by atoms with Crippen molar-refractivity contribution in [2.75, 3.05) is 29.9 Å². The number of pyridine rings is 1. The standard InChI is InChI=1S/C25H23ClFN7O4/c1-13-8-29-23(35)18-11-31-34-12-19(17-3-2-16(7-20(17)26)33-4-5-37-25(33)36)21(32-22(18)34)28-9-14-6-15(27)10-30-24(14)38-13/h2-3,6-7,10-13,21,28,32H,4-5,8-9H2,1H3,(H,29,35). The Kier molecular flexibility index (Phi) is 6.12. The van der Waals surface area contributed by atoms with Crippen LogP contribution in [-0.2, 0) is 11.3 Å². The number of carbonyl (C=O) groups excluding carboxylic acids is 2. The van der Waals surface area contributed by atoms with E-state index in [2.05, 4.69) is 26.0 Å². The molecule has 6 rings (SSSR count). The summed E-state index contributed by atoms with van der Waals surface area (Å²) in [5.74, 6) is -0.0611. The third kappa shape index (κ3) is 4.41. The molecule has 2 unspecified atom stereocenters. The molecule has 0 aliphatic carbocycles. The Balaban J connectivity index is 1.40. The van der Waals surface area contributed by atoms with Gasteiger partial charge in [-0.25, -0.2) is 18.9 Å². The molecule has 3 aliphatic heterocycles. The molecule has 38 heavy (non-hydrogen) atoms. The van der Waals surface area contributed by atoms with E-state index in [-0.39, 0.29) is 24.9 Å². The van der Waals surface area contributed by atoms with E-state index in [0.717, 1.165) is 6.20 Å². The minimum atomic E-state index is -0.555. The van der Waals surface area contributed by atoms with E-state index < -0.39 is 24.2 Å². The Morgan fingerprint density at radius 3 is 2.84 bits per heavy atom. The van der Waals surface area contributed by atoms with Gasteiger partial charge in [-0.3, -0.25) is 15.0 Å². The molecule has 5 heterocycles. The number of cyclic esters (lactones) is 1. The van der Waals surface area contributed by atoms with Gasteiger partial charge >= 0.3 is 6.09 Å². The number of aromatic nitrogens is 3. The highest BCUT2D eigenvalue weighted by atomic mass is 35.5. The van der Waals surface area contributed by atoms with E-state index >= 15 is 0 Å². The van der Waals surface area contributed by atoms with Crippen LogP contribution in [0.3, 0.4) is 0 Å². The van der Waals surface area contributed by atoms with Gasteiger partial charge in [0, 0.05) is 35.1 Å². The molecule has 3 aliphatic rings. The molecule has 3 aromatic rings. The van der Waals surface area contributed by atoms with Gasteiger partial charge in [0.25, 0.3) is 5.91 Å². The molecule has 1 aromatic carbocycles.